The summed E-state index contributed by atoms with van der Waals surface area (Å²) >= 11 is 0. The van der Waals surface area contributed by atoms with E-state index >= 15 is 0 Å². The second-order valence-electron chi connectivity index (χ2n) is 2.97. The van der Waals surface area contributed by atoms with Crippen molar-refractivity contribution in [3.8, 4) is 0 Å². The number of allylic oxidation sites excluding steroid dienone is 2. The molecule has 0 aromatic heterocycles. The lowest BCUT2D eigenvalue weighted by atomic mass is 9.94. The van der Waals surface area contributed by atoms with Crippen molar-refractivity contribution in [2.45, 2.75) is 32.6 Å². The summed E-state index contributed by atoms with van der Waals surface area (Å²) in [6.45, 7) is 1.65. The SMILES string of the molecule is CNC1=C(C(C)=O)CCCC1. The maximum atomic E-state index is 11.1. The minimum Gasteiger partial charge on any atom is -0.391 e. The summed E-state index contributed by atoms with van der Waals surface area (Å²) in [6.07, 6.45) is 4.39. The van der Waals surface area contributed by atoms with Gasteiger partial charge in [-0.15, -0.1) is 0 Å². The van der Waals surface area contributed by atoms with E-state index < -0.39 is 0 Å². The van der Waals surface area contributed by atoms with Crippen LogP contribution in [0.3, 0.4) is 0 Å². The molecule has 0 bridgehead atoms. The first-order valence-corrected chi connectivity index (χ1v) is 4.16. The Bertz CT molecular complexity index is 194. The number of carbonyl (C=O) groups excluding carboxylic acids is 1. The topological polar surface area (TPSA) is 29.1 Å². The zero-order chi connectivity index (χ0) is 8.27. The molecule has 0 fully saturated rings. The zero-order valence-electron chi connectivity index (χ0n) is 7.24. The monoisotopic (exact) mass is 153 g/mol. The highest BCUT2D eigenvalue weighted by Gasteiger charge is 2.14. The van der Waals surface area contributed by atoms with Crippen LogP contribution >= 0.6 is 0 Å². The lowest BCUT2D eigenvalue weighted by Crippen LogP contribution is -2.16. The highest BCUT2D eigenvalue weighted by molar-refractivity contribution is 5.94. The maximum absolute atomic E-state index is 11.1. The first kappa shape index (κ1) is 8.31. The number of rotatable bonds is 2. The van der Waals surface area contributed by atoms with Gasteiger partial charge in [-0.1, -0.05) is 0 Å². The van der Waals surface area contributed by atoms with Gasteiger partial charge in [-0.2, -0.15) is 0 Å². The lowest BCUT2D eigenvalue weighted by molar-refractivity contribution is -0.113. The van der Waals surface area contributed by atoms with Crippen molar-refractivity contribution in [1.82, 2.24) is 5.32 Å². The first-order chi connectivity index (χ1) is 5.25. The molecule has 1 N–H and O–H groups in total. The molecule has 0 saturated heterocycles. The van der Waals surface area contributed by atoms with Gasteiger partial charge in [0.05, 0.1) is 0 Å². The van der Waals surface area contributed by atoms with E-state index in [1.807, 2.05) is 7.05 Å². The third kappa shape index (κ3) is 1.82. The average molecular weight is 153 g/mol. The van der Waals surface area contributed by atoms with E-state index in [0.29, 0.717) is 0 Å². The van der Waals surface area contributed by atoms with Gasteiger partial charge in [0, 0.05) is 18.3 Å². The summed E-state index contributed by atoms with van der Waals surface area (Å²) in [5, 5.41) is 3.09. The Morgan fingerprint density at radius 2 is 2.00 bits per heavy atom. The van der Waals surface area contributed by atoms with Crippen LogP contribution in [-0.4, -0.2) is 12.8 Å². The van der Waals surface area contributed by atoms with Crippen molar-refractivity contribution in [1.29, 1.82) is 0 Å². The lowest BCUT2D eigenvalue weighted by Gasteiger charge is -2.17. The van der Waals surface area contributed by atoms with E-state index in [1.165, 1.54) is 12.8 Å². The molecule has 0 saturated carbocycles. The van der Waals surface area contributed by atoms with Crippen LogP contribution in [0.1, 0.15) is 32.6 Å². The fourth-order valence-corrected chi connectivity index (χ4v) is 1.57. The summed E-state index contributed by atoms with van der Waals surface area (Å²) in [5.41, 5.74) is 2.17. The summed E-state index contributed by atoms with van der Waals surface area (Å²) in [5.74, 6) is 0.231. The summed E-state index contributed by atoms with van der Waals surface area (Å²) in [6, 6.07) is 0. The third-order valence-corrected chi connectivity index (χ3v) is 2.19. The fraction of sp³-hybridized carbons (Fsp3) is 0.667. The highest BCUT2D eigenvalue weighted by Crippen LogP contribution is 2.22. The third-order valence-electron chi connectivity index (χ3n) is 2.19. The Hall–Kier alpha value is -0.790. The molecule has 0 aromatic carbocycles. The minimum atomic E-state index is 0.231. The van der Waals surface area contributed by atoms with E-state index in [0.717, 1.165) is 24.1 Å². The number of nitrogens with one attached hydrogen (secondary N) is 1. The van der Waals surface area contributed by atoms with E-state index in [4.69, 9.17) is 0 Å². The van der Waals surface area contributed by atoms with Crippen molar-refractivity contribution >= 4 is 5.78 Å². The van der Waals surface area contributed by atoms with Gasteiger partial charge in [0.25, 0.3) is 0 Å². The molecule has 1 rings (SSSR count). The molecule has 1 aliphatic carbocycles. The van der Waals surface area contributed by atoms with Crippen LogP contribution in [0.2, 0.25) is 0 Å². The molecule has 0 aromatic rings. The van der Waals surface area contributed by atoms with Crippen LogP contribution in [0.15, 0.2) is 11.3 Å². The number of Topliss-reactive ketones (excluding diaryl/α,β-unsaturated/α-hetero) is 1. The normalized spacial score (nSPS) is 18.4. The quantitative estimate of drug-likeness (QED) is 0.653. The van der Waals surface area contributed by atoms with Crippen molar-refractivity contribution < 1.29 is 4.79 Å². The Labute approximate surface area is 67.7 Å². The van der Waals surface area contributed by atoms with Gasteiger partial charge in [-0.3, -0.25) is 4.79 Å². The van der Waals surface area contributed by atoms with Gasteiger partial charge in [0.2, 0.25) is 0 Å². The van der Waals surface area contributed by atoms with Crippen LogP contribution in [-0.2, 0) is 4.79 Å². The van der Waals surface area contributed by atoms with Gasteiger partial charge < -0.3 is 5.32 Å². The largest absolute Gasteiger partial charge is 0.391 e. The molecular formula is C9H15NO. The van der Waals surface area contributed by atoms with Gasteiger partial charge in [0.1, 0.15) is 0 Å². The predicted molar refractivity (Wildman–Crippen MR) is 45.2 cm³/mol. The number of hydrogen-bond donors (Lipinski definition) is 1. The van der Waals surface area contributed by atoms with Crippen molar-refractivity contribution in [2.24, 2.45) is 0 Å². The van der Waals surface area contributed by atoms with Crippen molar-refractivity contribution in [3.63, 3.8) is 0 Å². The molecule has 2 nitrogen and oxygen atoms in total. The second kappa shape index (κ2) is 3.56. The molecule has 0 heterocycles. The molecule has 0 amide bonds. The zero-order valence-corrected chi connectivity index (χ0v) is 7.24. The molecule has 11 heavy (non-hydrogen) atoms. The minimum absolute atomic E-state index is 0.231. The average Bonchev–Trinajstić information content (AvgIpc) is 2.04. The van der Waals surface area contributed by atoms with E-state index in [1.54, 1.807) is 6.92 Å². The summed E-state index contributed by atoms with van der Waals surface area (Å²) < 4.78 is 0. The van der Waals surface area contributed by atoms with Crippen LogP contribution in [0.4, 0.5) is 0 Å². The number of ketones is 1. The van der Waals surface area contributed by atoms with E-state index in [2.05, 4.69) is 5.32 Å². The smallest absolute Gasteiger partial charge is 0.157 e. The molecule has 62 valence electrons. The molecule has 0 atom stereocenters. The predicted octanol–water partition coefficient (Wildman–Crippen LogP) is 1.62. The number of hydrogen-bond acceptors (Lipinski definition) is 2. The second-order valence-corrected chi connectivity index (χ2v) is 2.97. The molecule has 0 spiro atoms. The van der Waals surface area contributed by atoms with Crippen LogP contribution in [0.5, 0.6) is 0 Å². The molecule has 0 unspecified atom stereocenters. The van der Waals surface area contributed by atoms with Gasteiger partial charge in [0.15, 0.2) is 5.78 Å². The Kier molecular flexibility index (Phi) is 2.69. The Morgan fingerprint density at radius 3 is 2.45 bits per heavy atom. The maximum Gasteiger partial charge on any atom is 0.157 e. The molecule has 2 heteroatoms. The van der Waals surface area contributed by atoms with Crippen LogP contribution < -0.4 is 5.32 Å². The van der Waals surface area contributed by atoms with Gasteiger partial charge >= 0.3 is 0 Å². The fourth-order valence-electron chi connectivity index (χ4n) is 1.57. The first-order valence-electron chi connectivity index (χ1n) is 4.16. The highest BCUT2D eigenvalue weighted by atomic mass is 16.1. The van der Waals surface area contributed by atoms with Crippen molar-refractivity contribution in [3.05, 3.63) is 11.3 Å². The van der Waals surface area contributed by atoms with Crippen molar-refractivity contribution in [2.75, 3.05) is 7.05 Å². The molecular weight excluding hydrogens is 138 g/mol. The number of carbonyl (C=O) groups is 1. The standard InChI is InChI=1S/C9H15NO/c1-7(11)8-5-3-4-6-9(8)10-2/h10H,3-6H2,1-2H3. The van der Waals surface area contributed by atoms with E-state index in [9.17, 15) is 4.79 Å². The van der Waals surface area contributed by atoms with Gasteiger partial charge in [-0.25, -0.2) is 0 Å². The Balaban J connectivity index is 2.81. The van der Waals surface area contributed by atoms with E-state index in [-0.39, 0.29) is 5.78 Å². The van der Waals surface area contributed by atoms with Crippen LogP contribution in [0.25, 0.3) is 0 Å². The Morgan fingerprint density at radius 1 is 1.36 bits per heavy atom. The molecule has 0 aliphatic heterocycles. The summed E-state index contributed by atoms with van der Waals surface area (Å²) in [4.78, 5) is 11.1. The molecule has 0 radical (unpaired) electrons. The van der Waals surface area contributed by atoms with Crippen LogP contribution in [0, 0.1) is 0 Å². The van der Waals surface area contributed by atoms with Gasteiger partial charge in [-0.05, 0) is 32.6 Å². The molecule has 1 aliphatic rings. The summed E-state index contributed by atoms with van der Waals surface area (Å²) in [7, 11) is 1.89.